The molecule has 0 aliphatic carbocycles. The van der Waals surface area contributed by atoms with Crippen molar-refractivity contribution in [3.8, 4) is 11.5 Å². The fraction of sp³-hybridized carbons (Fsp3) is 0.400. The first kappa shape index (κ1) is 17.8. The van der Waals surface area contributed by atoms with Gasteiger partial charge in [0, 0.05) is 31.6 Å². The van der Waals surface area contributed by atoms with Crippen LogP contribution in [-0.2, 0) is 4.79 Å². The minimum absolute atomic E-state index is 0.0459. The molecule has 27 heavy (non-hydrogen) atoms. The zero-order chi connectivity index (χ0) is 18.6. The normalized spacial score (nSPS) is 21.8. The van der Waals surface area contributed by atoms with Gasteiger partial charge in [0.05, 0.1) is 18.0 Å². The van der Waals surface area contributed by atoms with Crippen molar-refractivity contribution in [2.24, 2.45) is 0 Å². The molecule has 3 heterocycles. The first-order valence-corrected chi connectivity index (χ1v) is 9.19. The number of rotatable bonds is 5. The molecular weight excluding hydrogens is 346 g/mol. The van der Waals surface area contributed by atoms with E-state index in [1.54, 1.807) is 18.5 Å². The Bertz CT molecular complexity index is 799. The van der Waals surface area contributed by atoms with Crippen LogP contribution in [-0.4, -0.2) is 53.4 Å². The van der Waals surface area contributed by atoms with E-state index in [-0.39, 0.29) is 18.6 Å². The number of nitrogens with one attached hydrogen (secondary N) is 1. The number of carbonyl (C=O) groups excluding carboxylic acids is 1. The lowest BCUT2D eigenvalue weighted by Crippen LogP contribution is -2.43. The predicted molar refractivity (Wildman–Crippen MR) is 99.9 cm³/mol. The van der Waals surface area contributed by atoms with Gasteiger partial charge in [0.25, 0.3) is 0 Å². The summed E-state index contributed by atoms with van der Waals surface area (Å²) >= 11 is 0. The van der Waals surface area contributed by atoms with Gasteiger partial charge in [-0.1, -0.05) is 6.07 Å². The van der Waals surface area contributed by atoms with Crippen LogP contribution in [0.15, 0.2) is 42.7 Å². The van der Waals surface area contributed by atoms with E-state index in [1.165, 1.54) is 0 Å². The molecule has 1 fully saturated rings. The highest BCUT2D eigenvalue weighted by Crippen LogP contribution is 2.37. The Labute approximate surface area is 157 Å². The smallest absolute Gasteiger partial charge is 0.231 e. The van der Waals surface area contributed by atoms with Gasteiger partial charge in [0.1, 0.15) is 0 Å². The largest absolute Gasteiger partial charge is 0.454 e. The summed E-state index contributed by atoms with van der Waals surface area (Å²) in [5.41, 5.74) is 1.77. The van der Waals surface area contributed by atoms with Crippen LogP contribution in [0.2, 0.25) is 0 Å². The number of nitrogens with zero attached hydrogens (tertiary/aromatic N) is 2. The van der Waals surface area contributed by atoms with E-state index in [2.05, 4.69) is 15.2 Å². The van der Waals surface area contributed by atoms with Crippen molar-refractivity contribution in [2.45, 2.75) is 24.9 Å². The fourth-order valence-electron chi connectivity index (χ4n) is 3.65. The molecule has 2 N–H and O–H groups in total. The van der Waals surface area contributed by atoms with Crippen LogP contribution in [0.25, 0.3) is 0 Å². The number of hydrogen-bond donors (Lipinski definition) is 2. The number of pyridine rings is 1. The van der Waals surface area contributed by atoms with E-state index < -0.39 is 6.10 Å². The Morgan fingerprint density at radius 1 is 1.30 bits per heavy atom. The topological polar surface area (TPSA) is 83.9 Å². The van der Waals surface area contributed by atoms with Crippen LogP contribution in [0.1, 0.15) is 24.3 Å². The summed E-state index contributed by atoms with van der Waals surface area (Å²) < 4.78 is 10.8. The van der Waals surface area contributed by atoms with Crippen LogP contribution in [0.4, 0.5) is 5.69 Å². The van der Waals surface area contributed by atoms with Crippen molar-refractivity contribution >= 4 is 11.6 Å². The molecule has 0 unspecified atom stereocenters. The molecule has 1 saturated heterocycles. The molecule has 0 saturated carbocycles. The maximum absolute atomic E-state index is 12.1. The summed E-state index contributed by atoms with van der Waals surface area (Å²) in [4.78, 5) is 18.2. The van der Waals surface area contributed by atoms with E-state index in [9.17, 15) is 9.90 Å². The molecule has 0 bridgehead atoms. The Morgan fingerprint density at radius 2 is 2.19 bits per heavy atom. The van der Waals surface area contributed by atoms with Crippen molar-refractivity contribution in [2.75, 3.05) is 31.7 Å². The standard InChI is InChI=1S/C20H23N3O4/c24-17-12-23(9-6-20(25)22-15-2-1-7-21-11-15)8-5-16(17)14-3-4-18-19(10-14)27-13-26-18/h1-4,7,10-11,16-17,24H,5-6,8-9,12-13H2,(H,22,25)/t16-,17+/m0/s1. The molecule has 1 aromatic heterocycles. The number of fused-ring (bicyclic) bond motifs is 1. The lowest BCUT2D eigenvalue weighted by atomic mass is 9.87. The summed E-state index contributed by atoms with van der Waals surface area (Å²) in [6.45, 7) is 2.27. The van der Waals surface area contributed by atoms with Gasteiger partial charge in [0.15, 0.2) is 11.5 Å². The lowest BCUT2D eigenvalue weighted by Gasteiger charge is -2.36. The van der Waals surface area contributed by atoms with E-state index >= 15 is 0 Å². The Balaban J connectivity index is 1.28. The van der Waals surface area contributed by atoms with Gasteiger partial charge < -0.3 is 24.8 Å². The van der Waals surface area contributed by atoms with Crippen molar-refractivity contribution < 1.29 is 19.4 Å². The van der Waals surface area contributed by atoms with Gasteiger partial charge in [-0.05, 0) is 42.8 Å². The minimum atomic E-state index is -0.472. The van der Waals surface area contributed by atoms with E-state index in [4.69, 9.17) is 9.47 Å². The minimum Gasteiger partial charge on any atom is -0.454 e. The highest BCUT2D eigenvalue weighted by Gasteiger charge is 2.30. The van der Waals surface area contributed by atoms with Crippen LogP contribution < -0.4 is 14.8 Å². The second-order valence-electron chi connectivity index (χ2n) is 6.92. The number of hydrogen-bond acceptors (Lipinski definition) is 6. The molecule has 2 aromatic rings. The quantitative estimate of drug-likeness (QED) is 0.839. The van der Waals surface area contributed by atoms with Crippen LogP contribution in [0.5, 0.6) is 11.5 Å². The van der Waals surface area contributed by atoms with Crippen LogP contribution >= 0.6 is 0 Å². The average Bonchev–Trinajstić information content (AvgIpc) is 3.15. The first-order valence-electron chi connectivity index (χ1n) is 9.19. The molecule has 1 aromatic carbocycles. The number of anilines is 1. The number of likely N-dealkylation sites (tertiary alicyclic amines) is 1. The zero-order valence-electron chi connectivity index (χ0n) is 15.0. The number of β-amino-alcohol motifs (C(OH)–C–C–N with tert-alkyl or cyclic N) is 1. The monoisotopic (exact) mass is 369 g/mol. The lowest BCUT2D eigenvalue weighted by molar-refractivity contribution is -0.116. The van der Waals surface area contributed by atoms with Gasteiger partial charge >= 0.3 is 0 Å². The summed E-state index contributed by atoms with van der Waals surface area (Å²) in [6, 6.07) is 9.46. The van der Waals surface area contributed by atoms with Gasteiger partial charge in [0.2, 0.25) is 12.7 Å². The Kier molecular flexibility index (Phi) is 5.22. The van der Waals surface area contributed by atoms with Crippen molar-refractivity contribution in [3.63, 3.8) is 0 Å². The first-order chi connectivity index (χ1) is 13.2. The van der Waals surface area contributed by atoms with Gasteiger partial charge in [-0.3, -0.25) is 9.78 Å². The number of aliphatic hydroxyl groups is 1. The summed E-state index contributed by atoms with van der Waals surface area (Å²) in [6.07, 6.45) is 4.04. The van der Waals surface area contributed by atoms with Crippen molar-refractivity contribution in [3.05, 3.63) is 48.3 Å². The third-order valence-electron chi connectivity index (χ3n) is 5.09. The molecule has 2 aliphatic heterocycles. The number of carbonyl (C=O) groups is 1. The highest BCUT2D eigenvalue weighted by atomic mass is 16.7. The number of ether oxygens (including phenoxy) is 2. The van der Waals surface area contributed by atoms with Gasteiger partial charge in [-0.25, -0.2) is 0 Å². The van der Waals surface area contributed by atoms with E-state index in [0.29, 0.717) is 25.2 Å². The molecule has 7 nitrogen and oxygen atoms in total. The number of aliphatic hydroxyl groups excluding tert-OH is 1. The van der Waals surface area contributed by atoms with E-state index in [1.807, 2.05) is 24.3 Å². The molecule has 0 spiro atoms. The van der Waals surface area contributed by atoms with Crippen molar-refractivity contribution in [1.29, 1.82) is 0 Å². The average molecular weight is 369 g/mol. The fourth-order valence-corrected chi connectivity index (χ4v) is 3.65. The number of benzene rings is 1. The summed E-state index contributed by atoms with van der Waals surface area (Å²) in [5.74, 6) is 1.52. The Hall–Kier alpha value is -2.64. The number of piperidine rings is 1. The third kappa shape index (κ3) is 4.20. The Morgan fingerprint density at radius 3 is 3.00 bits per heavy atom. The molecule has 2 atom stereocenters. The third-order valence-corrected chi connectivity index (χ3v) is 5.09. The highest BCUT2D eigenvalue weighted by molar-refractivity contribution is 5.90. The number of aromatic nitrogens is 1. The molecular formula is C20H23N3O4. The SMILES string of the molecule is O=C(CCN1CC[C@@H](c2ccc3c(c2)OCO3)[C@H](O)C1)Nc1cccnc1. The van der Waals surface area contributed by atoms with Gasteiger partial charge in [-0.15, -0.1) is 0 Å². The van der Waals surface area contributed by atoms with E-state index in [0.717, 1.165) is 30.0 Å². The van der Waals surface area contributed by atoms with Crippen molar-refractivity contribution in [1.82, 2.24) is 9.88 Å². The molecule has 0 radical (unpaired) electrons. The second-order valence-corrected chi connectivity index (χ2v) is 6.92. The summed E-state index contributed by atoms with van der Waals surface area (Å²) in [5, 5.41) is 13.5. The predicted octanol–water partition coefficient (Wildman–Crippen LogP) is 1.99. The molecule has 1 amide bonds. The number of amides is 1. The van der Waals surface area contributed by atoms with Gasteiger partial charge in [-0.2, -0.15) is 0 Å². The summed E-state index contributed by atoms with van der Waals surface area (Å²) in [7, 11) is 0. The van der Waals surface area contributed by atoms with Crippen LogP contribution in [0.3, 0.4) is 0 Å². The molecule has 7 heteroatoms. The molecule has 142 valence electrons. The maximum atomic E-state index is 12.1. The zero-order valence-corrected chi connectivity index (χ0v) is 15.0. The molecule has 4 rings (SSSR count). The maximum Gasteiger partial charge on any atom is 0.231 e. The second kappa shape index (κ2) is 7.94. The van der Waals surface area contributed by atoms with Crippen LogP contribution in [0, 0.1) is 0 Å². The molecule has 2 aliphatic rings.